The van der Waals surface area contributed by atoms with Gasteiger partial charge in [0.2, 0.25) is 0 Å². The van der Waals surface area contributed by atoms with Gasteiger partial charge >= 0.3 is 23.6 Å². The Kier molecular flexibility index (Phi) is 9.77. The number of phenolic OH excluding ortho intramolecular Hbond substituents is 1. The molecule has 0 spiro atoms. The Morgan fingerprint density at radius 3 is 2.24 bits per heavy atom. The molecule has 0 unspecified atom stereocenters. The van der Waals surface area contributed by atoms with Crippen LogP contribution < -0.4 is 5.32 Å². The highest BCUT2D eigenvalue weighted by Gasteiger charge is 2.39. The van der Waals surface area contributed by atoms with Gasteiger partial charge in [0.1, 0.15) is 5.75 Å². The molecule has 42 heavy (non-hydrogen) atoms. The summed E-state index contributed by atoms with van der Waals surface area (Å²) in [7, 11) is 0. The van der Waals surface area contributed by atoms with Gasteiger partial charge in [-0.15, -0.1) is 0 Å². The maximum absolute atomic E-state index is 13.4. The summed E-state index contributed by atoms with van der Waals surface area (Å²) in [5, 5.41) is 12.5. The maximum atomic E-state index is 13.4. The Balaban J connectivity index is 1.20. The average molecular weight is 575 g/mol. The third-order valence-electron chi connectivity index (χ3n) is 9.00. The third kappa shape index (κ3) is 7.30. The van der Waals surface area contributed by atoms with E-state index in [2.05, 4.69) is 5.32 Å². The number of nitrogens with zero attached hydrogens (tertiary/aromatic N) is 3. The van der Waals surface area contributed by atoms with Crippen LogP contribution in [0.3, 0.4) is 0 Å². The van der Waals surface area contributed by atoms with Crippen LogP contribution in [0.2, 0.25) is 0 Å². The van der Waals surface area contributed by atoms with Gasteiger partial charge in [-0.2, -0.15) is 0 Å². The Labute approximate surface area is 247 Å². The van der Waals surface area contributed by atoms with Crippen LogP contribution in [-0.4, -0.2) is 81.7 Å². The highest BCUT2D eigenvalue weighted by molar-refractivity contribution is 6.36. The summed E-state index contributed by atoms with van der Waals surface area (Å²) in [6, 6.07) is 16.4. The van der Waals surface area contributed by atoms with Crippen molar-refractivity contribution in [1.82, 2.24) is 20.0 Å². The Morgan fingerprint density at radius 1 is 0.762 bits per heavy atom. The van der Waals surface area contributed by atoms with Gasteiger partial charge in [-0.25, -0.2) is 0 Å². The molecule has 1 saturated carbocycles. The predicted molar refractivity (Wildman–Crippen MR) is 158 cm³/mol. The summed E-state index contributed by atoms with van der Waals surface area (Å²) < 4.78 is 0. The summed E-state index contributed by atoms with van der Waals surface area (Å²) in [4.78, 5) is 56.6. The van der Waals surface area contributed by atoms with Gasteiger partial charge in [0, 0.05) is 38.8 Å². The zero-order valence-electron chi connectivity index (χ0n) is 24.2. The number of piperazine rings is 2. The van der Waals surface area contributed by atoms with Crippen LogP contribution in [0.15, 0.2) is 54.6 Å². The number of hydrogen-bond donors (Lipinski definition) is 2. The second kappa shape index (κ2) is 13.9. The minimum absolute atomic E-state index is 0.0422. The minimum atomic E-state index is -0.515. The fourth-order valence-electron chi connectivity index (χ4n) is 6.63. The number of unbranched alkanes of at least 4 members (excludes halogenated alkanes) is 1. The lowest BCUT2D eigenvalue weighted by atomic mass is 9.88. The van der Waals surface area contributed by atoms with E-state index >= 15 is 0 Å². The number of benzene rings is 2. The molecule has 2 aromatic carbocycles. The van der Waals surface area contributed by atoms with Crippen molar-refractivity contribution in [3.8, 4) is 5.75 Å². The van der Waals surface area contributed by atoms with Gasteiger partial charge in [-0.1, -0.05) is 61.7 Å². The molecule has 2 heterocycles. The molecule has 3 aliphatic rings. The molecule has 2 saturated heterocycles. The summed E-state index contributed by atoms with van der Waals surface area (Å²) in [6.07, 6.45) is 8.63. The van der Waals surface area contributed by atoms with Gasteiger partial charge < -0.3 is 25.1 Å². The molecule has 4 amide bonds. The second-order valence-corrected chi connectivity index (χ2v) is 12.0. The summed E-state index contributed by atoms with van der Waals surface area (Å²) in [5.41, 5.74) is 1.95. The Bertz CT molecular complexity index is 1240. The summed E-state index contributed by atoms with van der Waals surface area (Å²) in [6.45, 7) is 2.36. The number of nitrogens with one attached hydrogen (secondary N) is 1. The highest BCUT2D eigenvalue weighted by atomic mass is 16.3. The number of carbonyl (C=O) groups excluding carboxylic acids is 4. The molecule has 9 nitrogen and oxygen atoms in total. The molecule has 3 fully saturated rings. The van der Waals surface area contributed by atoms with Crippen molar-refractivity contribution in [3.05, 3.63) is 65.7 Å². The van der Waals surface area contributed by atoms with E-state index in [4.69, 9.17) is 0 Å². The zero-order valence-corrected chi connectivity index (χ0v) is 24.2. The molecular weight excluding hydrogens is 532 g/mol. The van der Waals surface area contributed by atoms with Crippen LogP contribution in [0.25, 0.3) is 0 Å². The lowest BCUT2D eigenvalue weighted by molar-refractivity contribution is -0.159. The number of aromatic hydroxyl groups is 1. The van der Waals surface area contributed by atoms with Crippen molar-refractivity contribution >= 4 is 23.6 Å². The van der Waals surface area contributed by atoms with Crippen molar-refractivity contribution in [2.75, 3.05) is 26.2 Å². The molecule has 224 valence electrons. The van der Waals surface area contributed by atoms with E-state index in [0.29, 0.717) is 51.5 Å². The topological polar surface area (TPSA) is 110 Å². The monoisotopic (exact) mass is 574 g/mol. The maximum Gasteiger partial charge on any atom is 0.312 e. The van der Waals surface area contributed by atoms with E-state index in [9.17, 15) is 24.3 Å². The molecule has 2 N–H and O–H groups in total. The first-order valence-electron chi connectivity index (χ1n) is 15.4. The Hall–Kier alpha value is -3.88. The number of hydrogen-bond acceptors (Lipinski definition) is 5. The van der Waals surface area contributed by atoms with E-state index in [1.807, 2.05) is 42.5 Å². The normalized spacial score (nSPS) is 22.0. The lowest BCUT2D eigenvalue weighted by Gasteiger charge is -2.41. The lowest BCUT2D eigenvalue weighted by Crippen LogP contribution is -2.60. The van der Waals surface area contributed by atoms with Gasteiger partial charge in [0.25, 0.3) is 0 Å². The van der Waals surface area contributed by atoms with Crippen LogP contribution in [0.4, 0.5) is 0 Å². The van der Waals surface area contributed by atoms with Crippen molar-refractivity contribution < 1.29 is 24.3 Å². The molecule has 0 aromatic heterocycles. The quantitative estimate of drug-likeness (QED) is 0.316. The fourth-order valence-corrected chi connectivity index (χ4v) is 6.63. The van der Waals surface area contributed by atoms with Crippen LogP contribution in [-0.2, 0) is 32.1 Å². The average Bonchev–Trinajstić information content (AvgIpc) is 3.01. The third-order valence-corrected chi connectivity index (χ3v) is 9.00. The molecule has 2 atom stereocenters. The minimum Gasteiger partial charge on any atom is -0.508 e. The highest BCUT2D eigenvalue weighted by Crippen LogP contribution is 2.27. The molecule has 9 heteroatoms. The van der Waals surface area contributed by atoms with Gasteiger partial charge in [-0.05, 0) is 67.7 Å². The number of phenols is 1. The molecule has 2 aliphatic heterocycles. The van der Waals surface area contributed by atoms with Crippen LogP contribution >= 0.6 is 0 Å². The zero-order chi connectivity index (χ0) is 29.5. The second-order valence-electron chi connectivity index (χ2n) is 12.0. The smallest absolute Gasteiger partial charge is 0.312 e. The molecule has 5 rings (SSSR count). The SMILES string of the molecule is O=C1NC[C@@H](CCCCN2C[C@H](Cc3ccc(O)cc3)N(Cc3ccccc3)C(=O)C2=O)N(CC2CCCCC2)C1=O. The molecule has 2 aromatic rings. The molecule has 0 radical (unpaired) electrons. The molecule has 1 aliphatic carbocycles. The predicted octanol–water partition coefficient (Wildman–Crippen LogP) is 3.25. The van der Waals surface area contributed by atoms with Crippen LogP contribution in [0.5, 0.6) is 5.75 Å². The first-order chi connectivity index (χ1) is 20.4. The van der Waals surface area contributed by atoms with Crippen LogP contribution in [0, 0.1) is 5.92 Å². The van der Waals surface area contributed by atoms with Crippen LogP contribution in [0.1, 0.15) is 62.5 Å². The summed E-state index contributed by atoms with van der Waals surface area (Å²) in [5.74, 6) is -1.27. The van der Waals surface area contributed by atoms with Crippen molar-refractivity contribution in [1.29, 1.82) is 0 Å². The van der Waals surface area contributed by atoms with E-state index < -0.39 is 23.6 Å². The molecule has 0 bridgehead atoms. The number of carbonyl (C=O) groups is 4. The Morgan fingerprint density at radius 2 is 1.50 bits per heavy atom. The van der Waals surface area contributed by atoms with E-state index in [1.54, 1.807) is 26.8 Å². The van der Waals surface area contributed by atoms with Gasteiger partial charge in [-0.3, -0.25) is 19.2 Å². The van der Waals surface area contributed by atoms with Gasteiger partial charge in [0.15, 0.2) is 0 Å². The van der Waals surface area contributed by atoms with E-state index in [1.165, 1.54) is 19.3 Å². The molecular formula is C33H42N4O5. The van der Waals surface area contributed by atoms with E-state index in [0.717, 1.165) is 36.8 Å². The first-order valence-corrected chi connectivity index (χ1v) is 15.4. The standard InChI is InChI=1S/C33H42N4O5/c38-29-16-14-24(15-17-29)19-28-23-35(32(41)33(42)37(28)22-26-11-5-2-6-12-26)18-8-7-13-27-20-34-30(39)31(40)36(27)21-25-9-3-1-4-10-25/h2,5-6,11-12,14-17,25,27-28,38H,1,3-4,7-10,13,18-23H2,(H,34,39)/t27-,28+/m1/s1. The number of amides is 4. The van der Waals surface area contributed by atoms with E-state index in [-0.39, 0.29) is 17.8 Å². The first kappa shape index (κ1) is 29.6. The van der Waals surface area contributed by atoms with Crippen molar-refractivity contribution in [3.63, 3.8) is 0 Å². The number of rotatable bonds is 11. The van der Waals surface area contributed by atoms with Crippen molar-refractivity contribution in [2.24, 2.45) is 5.92 Å². The fraction of sp³-hybridized carbons (Fsp3) is 0.515. The van der Waals surface area contributed by atoms with Crippen molar-refractivity contribution in [2.45, 2.75) is 76.4 Å². The largest absolute Gasteiger partial charge is 0.508 e. The van der Waals surface area contributed by atoms with Gasteiger partial charge in [0.05, 0.1) is 6.04 Å². The summed E-state index contributed by atoms with van der Waals surface area (Å²) >= 11 is 0.